The first-order valence-electron chi connectivity index (χ1n) is 6.02. The van der Waals surface area contributed by atoms with Gasteiger partial charge in [-0.3, -0.25) is 0 Å². The number of hydrogen-bond acceptors (Lipinski definition) is 5. The van der Waals surface area contributed by atoms with E-state index in [0.717, 1.165) is 31.9 Å². The van der Waals surface area contributed by atoms with E-state index in [9.17, 15) is 0 Å². The van der Waals surface area contributed by atoms with Gasteiger partial charge >= 0.3 is 0 Å². The van der Waals surface area contributed by atoms with Crippen LogP contribution in [0.4, 0.5) is 11.8 Å². The van der Waals surface area contributed by atoms with Crippen molar-refractivity contribution >= 4 is 11.8 Å². The largest absolute Gasteiger partial charge is 0.385 e. The summed E-state index contributed by atoms with van der Waals surface area (Å²) >= 11 is 0. The van der Waals surface area contributed by atoms with Crippen LogP contribution in [0.25, 0.3) is 0 Å². The van der Waals surface area contributed by atoms with Crippen molar-refractivity contribution in [3.8, 4) is 0 Å². The number of methoxy groups -OCH3 is 1. The average molecular weight is 238 g/mol. The maximum atomic E-state index is 4.98. The maximum Gasteiger partial charge on any atom is 0.224 e. The topological polar surface area (TPSA) is 59.1 Å². The summed E-state index contributed by atoms with van der Waals surface area (Å²) in [4.78, 5) is 8.53. The second-order valence-corrected chi connectivity index (χ2v) is 4.31. The van der Waals surface area contributed by atoms with Crippen LogP contribution < -0.4 is 10.6 Å². The molecule has 2 N–H and O–H groups in total. The van der Waals surface area contributed by atoms with Crippen molar-refractivity contribution in [2.45, 2.75) is 20.3 Å². The summed E-state index contributed by atoms with van der Waals surface area (Å²) in [5, 5.41) is 6.44. The Labute approximate surface area is 103 Å². The predicted octanol–water partition coefficient (Wildman–Crippen LogP) is 1.99. The van der Waals surface area contributed by atoms with Gasteiger partial charge in [-0.05, 0) is 18.4 Å². The van der Waals surface area contributed by atoms with Crippen LogP contribution in [-0.4, -0.2) is 36.8 Å². The number of nitrogens with one attached hydrogen (secondary N) is 2. The zero-order chi connectivity index (χ0) is 12.5. The molecule has 1 aromatic rings. The molecule has 5 nitrogen and oxygen atoms in total. The quantitative estimate of drug-likeness (QED) is 0.678. The van der Waals surface area contributed by atoms with Gasteiger partial charge in [0, 0.05) is 33.0 Å². The minimum Gasteiger partial charge on any atom is -0.385 e. The maximum absolute atomic E-state index is 4.98. The highest BCUT2D eigenvalue weighted by molar-refractivity contribution is 5.39. The van der Waals surface area contributed by atoms with Crippen LogP contribution in [0.2, 0.25) is 0 Å². The third-order valence-electron chi connectivity index (χ3n) is 2.16. The van der Waals surface area contributed by atoms with Crippen molar-refractivity contribution in [1.82, 2.24) is 9.97 Å². The molecule has 1 rings (SSSR count). The third-order valence-corrected chi connectivity index (χ3v) is 2.16. The second kappa shape index (κ2) is 7.84. The van der Waals surface area contributed by atoms with E-state index in [1.54, 1.807) is 13.3 Å². The smallest absolute Gasteiger partial charge is 0.224 e. The summed E-state index contributed by atoms with van der Waals surface area (Å²) in [7, 11) is 1.70. The standard InChI is InChI=1S/C12H22N4O/c1-10(2)9-15-11-5-7-14-12(16-11)13-6-4-8-17-3/h5,7,10H,4,6,8-9H2,1-3H3,(H2,13,14,15,16). The van der Waals surface area contributed by atoms with Crippen LogP contribution in [0.1, 0.15) is 20.3 Å². The van der Waals surface area contributed by atoms with Gasteiger partial charge in [0.2, 0.25) is 5.95 Å². The van der Waals surface area contributed by atoms with E-state index in [1.807, 2.05) is 6.07 Å². The molecule has 17 heavy (non-hydrogen) atoms. The number of aromatic nitrogens is 2. The molecule has 0 unspecified atom stereocenters. The van der Waals surface area contributed by atoms with Crippen molar-refractivity contribution in [3.05, 3.63) is 12.3 Å². The summed E-state index contributed by atoms with van der Waals surface area (Å²) < 4.78 is 4.98. The number of rotatable bonds is 8. The molecule has 96 valence electrons. The first-order valence-corrected chi connectivity index (χ1v) is 6.02. The fraction of sp³-hybridized carbons (Fsp3) is 0.667. The van der Waals surface area contributed by atoms with Crippen molar-refractivity contribution in [2.75, 3.05) is 37.4 Å². The Morgan fingerprint density at radius 3 is 2.88 bits per heavy atom. The van der Waals surface area contributed by atoms with Gasteiger partial charge in [0.25, 0.3) is 0 Å². The fourth-order valence-corrected chi connectivity index (χ4v) is 1.27. The van der Waals surface area contributed by atoms with Crippen LogP contribution in [0.3, 0.4) is 0 Å². The Hall–Kier alpha value is -1.36. The highest BCUT2D eigenvalue weighted by Crippen LogP contribution is 2.06. The van der Waals surface area contributed by atoms with E-state index in [0.29, 0.717) is 11.9 Å². The lowest BCUT2D eigenvalue weighted by Gasteiger charge is -2.09. The molecule has 0 amide bonds. The van der Waals surface area contributed by atoms with Gasteiger partial charge in [0.05, 0.1) is 0 Å². The van der Waals surface area contributed by atoms with Crippen molar-refractivity contribution in [1.29, 1.82) is 0 Å². The van der Waals surface area contributed by atoms with Crippen molar-refractivity contribution < 1.29 is 4.74 Å². The molecule has 0 saturated heterocycles. The first kappa shape index (κ1) is 13.7. The van der Waals surface area contributed by atoms with Crippen molar-refractivity contribution in [2.24, 2.45) is 5.92 Å². The monoisotopic (exact) mass is 238 g/mol. The van der Waals surface area contributed by atoms with Gasteiger partial charge in [-0.2, -0.15) is 4.98 Å². The minimum absolute atomic E-state index is 0.600. The molecule has 0 saturated carbocycles. The third kappa shape index (κ3) is 6.06. The molecule has 0 fully saturated rings. The highest BCUT2D eigenvalue weighted by Gasteiger charge is 1.99. The molecule has 5 heteroatoms. The van der Waals surface area contributed by atoms with E-state index < -0.39 is 0 Å². The summed E-state index contributed by atoms with van der Waals surface area (Å²) in [6.45, 7) is 6.82. The van der Waals surface area contributed by atoms with Gasteiger partial charge in [-0.1, -0.05) is 13.8 Å². The van der Waals surface area contributed by atoms with Crippen molar-refractivity contribution in [3.63, 3.8) is 0 Å². The Bertz CT molecular complexity index is 317. The molecule has 0 atom stereocenters. The highest BCUT2D eigenvalue weighted by atomic mass is 16.5. The average Bonchev–Trinajstić information content (AvgIpc) is 2.33. The van der Waals surface area contributed by atoms with Gasteiger partial charge in [0.15, 0.2) is 0 Å². The molecule has 1 heterocycles. The molecule has 0 aromatic carbocycles. The lowest BCUT2D eigenvalue weighted by atomic mass is 10.2. The zero-order valence-corrected chi connectivity index (χ0v) is 10.9. The molecule has 1 aromatic heterocycles. The van der Waals surface area contributed by atoms with Crippen LogP contribution in [0, 0.1) is 5.92 Å². The molecular formula is C12H22N4O. The van der Waals surface area contributed by atoms with Crippen LogP contribution >= 0.6 is 0 Å². The van der Waals surface area contributed by atoms with Crippen LogP contribution in [-0.2, 0) is 4.74 Å². The fourth-order valence-electron chi connectivity index (χ4n) is 1.27. The lowest BCUT2D eigenvalue weighted by Crippen LogP contribution is -2.12. The number of nitrogens with zero attached hydrogens (tertiary/aromatic N) is 2. The van der Waals surface area contributed by atoms with Gasteiger partial charge in [0.1, 0.15) is 5.82 Å². The van der Waals surface area contributed by atoms with E-state index >= 15 is 0 Å². The molecular weight excluding hydrogens is 216 g/mol. The van der Waals surface area contributed by atoms with E-state index in [-0.39, 0.29) is 0 Å². The zero-order valence-electron chi connectivity index (χ0n) is 10.9. The Morgan fingerprint density at radius 1 is 1.35 bits per heavy atom. The molecule has 0 aliphatic rings. The summed E-state index contributed by atoms with van der Waals surface area (Å²) in [5.41, 5.74) is 0. The van der Waals surface area contributed by atoms with Gasteiger partial charge in [-0.15, -0.1) is 0 Å². The Balaban J connectivity index is 2.37. The minimum atomic E-state index is 0.600. The molecule has 0 spiro atoms. The SMILES string of the molecule is COCCCNc1nccc(NCC(C)C)n1. The summed E-state index contributed by atoms with van der Waals surface area (Å²) in [5.74, 6) is 2.13. The molecule has 0 radical (unpaired) electrons. The molecule has 0 bridgehead atoms. The van der Waals surface area contributed by atoms with Gasteiger partial charge < -0.3 is 15.4 Å². The number of hydrogen-bond donors (Lipinski definition) is 2. The Kier molecular flexibility index (Phi) is 6.32. The summed E-state index contributed by atoms with van der Waals surface area (Å²) in [6, 6.07) is 1.88. The molecule has 0 aliphatic heterocycles. The van der Waals surface area contributed by atoms with E-state index in [2.05, 4.69) is 34.4 Å². The normalized spacial score (nSPS) is 10.6. The molecule has 0 aliphatic carbocycles. The predicted molar refractivity (Wildman–Crippen MR) is 70.3 cm³/mol. The van der Waals surface area contributed by atoms with E-state index in [1.165, 1.54) is 0 Å². The lowest BCUT2D eigenvalue weighted by molar-refractivity contribution is 0.197. The summed E-state index contributed by atoms with van der Waals surface area (Å²) in [6.07, 6.45) is 2.71. The van der Waals surface area contributed by atoms with Crippen LogP contribution in [0.15, 0.2) is 12.3 Å². The number of anilines is 2. The van der Waals surface area contributed by atoms with E-state index in [4.69, 9.17) is 4.74 Å². The Morgan fingerprint density at radius 2 is 2.18 bits per heavy atom. The second-order valence-electron chi connectivity index (χ2n) is 4.31. The number of ether oxygens (including phenoxy) is 1. The van der Waals surface area contributed by atoms with Crippen LogP contribution in [0.5, 0.6) is 0 Å². The van der Waals surface area contributed by atoms with Gasteiger partial charge in [-0.25, -0.2) is 4.98 Å². The first-order chi connectivity index (χ1) is 8.22.